The van der Waals surface area contributed by atoms with Crippen LogP contribution in [0.2, 0.25) is 0 Å². The first kappa shape index (κ1) is 33.1. The summed E-state index contributed by atoms with van der Waals surface area (Å²) in [6, 6.07) is 6.66. The lowest BCUT2D eigenvalue weighted by atomic mass is 9.88. The van der Waals surface area contributed by atoms with Crippen molar-refractivity contribution in [2.45, 2.75) is 83.1 Å². The Bertz CT molecular complexity index is 1540. The molecule has 3 N–H and O–H groups in total. The summed E-state index contributed by atoms with van der Waals surface area (Å²) in [6.07, 6.45) is 1.40. The van der Waals surface area contributed by atoms with Gasteiger partial charge in [-0.15, -0.1) is 0 Å². The van der Waals surface area contributed by atoms with Crippen LogP contribution in [0.1, 0.15) is 80.2 Å². The van der Waals surface area contributed by atoms with E-state index in [0.717, 1.165) is 31.7 Å². The molecule has 0 radical (unpaired) electrons. The maximum absolute atomic E-state index is 15.4. The molecule has 3 unspecified atom stereocenters. The van der Waals surface area contributed by atoms with Gasteiger partial charge in [0, 0.05) is 30.6 Å². The number of anilines is 1. The van der Waals surface area contributed by atoms with Gasteiger partial charge in [0.25, 0.3) is 5.91 Å². The van der Waals surface area contributed by atoms with Crippen LogP contribution in [0.4, 0.5) is 23.2 Å². The SMILES string of the molecule is CC(C(=O)NC(Cc1ccccn1)C(F)(F)F)c1ccc(NC(=O)C(NC(=O)c2ccnn2C(C)C)C(C2CC2)C2CC2)c(F)c1. The Kier molecular flexibility index (Phi) is 9.78. The van der Waals surface area contributed by atoms with Crippen molar-refractivity contribution in [3.05, 3.63) is 77.6 Å². The van der Waals surface area contributed by atoms with Crippen molar-refractivity contribution >= 4 is 23.4 Å². The number of hydrogen-bond donors (Lipinski definition) is 3. The van der Waals surface area contributed by atoms with E-state index in [-0.39, 0.29) is 40.7 Å². The molecule has 0 aliphatic heterocycles. The number of carbonyl (C=O) groups excluding carboxylic acids is 3. The van der Waals surface area contributed by atoms with Gasteiger partial charge in [0.1, 0.15) is 23.6 Å². The fraction of sp³-hybridized carbons (Fsp3) is 0.485. The van der Waals surface area contributed by atoms with E-state index in [1.807, 2.05) is 19.2 Å². The summed E-state index contributed by atoms with van der Waals surface area (Å²) in [6.45, 7) is 5.15. The van der Waals surface area contributed by atoms with Gasteiger partial charge in [-0.05, 0) is 100 Å². The Morgan fingerprint density at radius 2 is 1.63 bits per heavy atom. The lowest BCUT2D eigenvalue weighted by Crippen LogP contribution is -2.50. The average molecular weight is 643 g/mol. The van der Waals surface area contributed by atoms with Gasteiger partial charge >= 0.3 is 6.18 Å². The van der Waals surface area contributed by atoms with Crippen LogP contribution < -0.4 is 16.0 Å². The van der Waals surface area contributed by atoms with Crippen molar-refractivity contribution in [2.75, 3.05) is 5.32 Å². The number of pyridine rings is 1. The van der Waals surface area contributed by atoms with Crippen molar-refractivity contribution in [3.8, 4) is 0 Å². The highest BCUT2D eigenvalue weighted by Gasteiger charge is 2.48. The fourth-order valence-corrected chi connectivity index (χ4v) is 5.89. The Labute approximate surface area is 264 Å². The monoisotopic (exact) mass is 642 g/mol. The molecule has 0 bridgehead atoms. The Morgan fingerprint density at radius 1 is 0.935 bits per heavy atom. The third-order valence-corrected chi connectivity index (χ3v) is 8.67. The summed E-state index contributed by atoms with van der Waals surface area (Å²) >= 11 is 0. The Morgan fingerprint density at radius 3 is 2.20 bits per heavy atom. The topological polar surface area (TPSA) is 118 Å². The average Bonchev–Trinajstić information content (AvgIpc) is 3.96. The molecular weight excluding hydrogens is 604 g/mol. The van der Waals surface area contributed by atoms with Crippen molar-refractivity contribution in [1.82, 2.24) is 25.4 Å². The van der Waals surface area contributed by atoms with Crippen LogP contribution in [-0.4, -0.2) is 50.7 Å². The molecule has 0 spiro atoms. The van der Waals surface area contributed by atoms with Crippen LogP contribution in [-0.2, 0) is 16.0 Å². The van der Waals surface area contributed by atoms with E-state index < -0.39 is 54.1 Å². The number of aromatic nitrogens is 3. The summed E-state index contributed by atoms with van der Waals surface area (Å²) in [7, 11) is 0. The molecule has 2 aliphatic rings. The van der Waals surface area contributed by atoms with Gasteiger partial charge in [0.15, 0.2) is 0 Å². The van der Waals surface area contributed by atoms with Crippen LogP contribution in [0.3, 0.4) is 0 Å². The molecule has 3 aromatic rings. The third-order valence-electron chi connectivity index (χ3n) is 8.67. The zero-order chi connectivity index (χ0) is 33.2. The molecule has 2 aliphatic carbocycles. The minimum atomic E-state index is -4.73. The molecule has 5 rings (SSSR count). The first-order valence-electron chi connectivity index (χ1n) is 15.5. The third kappa shape index (κ3) is 7.91. The molecule has 3 atom stereocenters. The van der Waals surface area contributed by atoms with Crippen LogP contribution in [0.5, 0.6) is 0 Å². The van der Waals surface area contributed by atoms with Gasteiger partial charge in [-0.25, -0.2) is 4.39 Å². The smallest absolute Gasteiger partial charge is 0.344 e. The predicted molar refractivity (Wildman–Crippen MR) is 162 cm³/mol. The van der Waals surface area contributed by atoms with E-state index in [4.69, 9.17) is 0 Å². The van der Waals surface area contributed by atoms with E-state index in [9.17, 15) is 27.6 Å². The summed E-state index contributed by atoms with van der Waals surface area (Å²) in [5.41, 5.74) is 0.442. The summed E-state index contributed by atoms with van der Waals surface area (Å²) < 4.78 is 58.2. The standard InChI is InChI=1S/C33H38F4N6O3/c1-18(2)43-26(13-15-39-43)31(45)42-29(28(20-7-8-20)21-9-10-21)32(46)40-25-12-11-22(16-24(25)34)19(3)30(44)41-27(33(35,36)37)17-23-6-4-5-14-38-23/h4-6,11-16,18-21,27-29H,7-10,17H2,1-3H3,(H,40,46)(H,41,44)(H,42,45). The van der Waals surface area contributed by atoms with Crippen molar-refractivity contribution in [1.29, 1.82) is 0 Å². The first-order valence-corrected chi connectivity index (χ1v) is 15.5. The van der Waals surface area contributed by atoms with E-state index in [1.54, 1.807) is 22.9 Å². The number of nitrogens with one attached hydrogen (secondary N) is 3. The van der Waals surface area contributed by atoms with E-state index >= 15 is 4.39 Å². The summed E-state index contributed by atoms with van der Waals surface area (Å²) in [5, 5.41) is 11.8. The first-order chi connectivity index (χ1) is 21.8. The maximum atomic E-state index is 15.4. The molecule has 2 heterocycles. The number of alkyl halides is 3. The van der Waals surface area contributed by atoms with Gasteiger partial charge in [-0.1, -0.05) is 12.1 Å². The highest BCUT2D eigenvalue weighted by atomic mass is 19.4. The molecule has 2 fully saturated rings. The lowest BCUT2D eigenvalue weighted by Gasteiger charge is -2.28. The molecule has 2 saturated carbocycles. The largest absolute Gasteiger partial charge is 0.408 e. The van der Waals surface area contributed by atoms with E-state index in [0.29, 0.717) is 5.69 Å². The zero-order valence-electron chi connectivity index (χ0n) is 25.9. The lowest BCUT2D eigenvalue weighted by molar-refractivity contribution is -0.162. The normalized spacial score (nSPS) is 17.0. The second kappa shape index (κ2) is 13.6. The van der Waals surface area contributed by atoms with Crippen LogP contribution in [0.15, 0.2) is 54.9 Å². The van der Waals surface area contributed by atoms with Crippen LogP contribution in [0, 0.1) is 23.6 Å². The van der Waals surface area contributed by atoms with Gasteiger partial charge in [0.05, 0.1) is 11.6 Å². The predicted octanol–water partition coefficient (Wildman–Crippen LogP) is 5.56. The molecule has 2 aromatic heterocycles. The number of amides is 3. The number of nitrogens with zero attached hydrogens (tertiary/aromatic N) is 3. The molecule has 1 aromatic carbocycles. The highest BCUT2D eigenvalue weighted by molar-refractivity contribution is 6.01. The molecule has 0 saturated heterocycles. The molecule has 9 nitrogen and oxygen atoms in total. The molecule has 3 amide bonds. The second-order valence-corrected chi connectivity index (χ2v) is 12.5. The quantitative estimate of drug-likeness (QED) is 0.211. The highest BCUT2D eigenvalue weighted by Crippen LogP contribution is 2.51. The van der Waals surface area contributed by atoms with Gasteiger partial charge in [-0.2, -0.15) is 18.3 Å². The fourth-order valence-electron chi connectivity index (χ4n) is 5.89. The van der Waals surface area contributed by atoms with Crippen molar-refractivity contribution in [3.63, 3.8) is 0 Å². The molecule has 246 valence electrons. The van der Waals surface area contributed by atoms with Crippen molar-refractivity contribution in [2.24, 2.45) is 17.8 Å². The maximum Gasteiger partial charge on any atom is 0.408 e. The molecule has 13 heteroatoms. The number of rotatable bonds is 13. The van der Waals surface area contributed by atoms with Gasteiger partial charge in [-0.3, -0.25) is 24.0 Å². The number of halogens is 4. The molecular formula is C33H38F4N6O3. The number of benzene rings is 1. The van der Waals surface area contributed by atoms with Crippen LogP contribution in [0.25, 0.3) is 0 Å². The summed E-state index contributed by atoms with van der Waals surface area (Å²) in [5.74, 6) is -3.47. The second-order valence-electron chi connectivity index (χ2n) is 12.5. The Hall–Kier alpha value is -4.29. The van der Waals surface area contributed by atoms with E-state index in [2.05, 4.69) is 20.7 Å². The summed E-state index contributed by atoms with van der Waals surface area (Å²) in [4.78, 5) is 43.8. The van der Waals surface area contributed by atoms with E-state index in [1.165, 1.54) is 37.5 Å². The minimum absolute atomic E-state index is 0.0806. The Balaban J connectivity index is 1.29. The minimum Gasteiger partial charge on any atom is -0.344 e. The van der Waals surface area contributed by atoms with Gasteiger partial charge < -0.3 is 16.0 Å². The number of hydrogen-bond acceptors (Lipinski definition) is 5. The molecule has 46 heavy (non-hydrogen) atoms. The van der Waals surface area contributed by atoms with Crippen molar-refractivity contribution < 1.29 is 31.9 Å². The zero-order valence-corrected chi connectivity index (χ0v) is 25.9. The van der Waals surface area contributed by atoms with Crippen LogP contribution >= 0.6 is 0 Å². The van der Waals surface area contributed by atoms with Gasteiger partial charge in [0.2, 0.25) is 11.8 Å². The number of carbonyl (C=O) groups is 3.